The molecule has 1 aliphatic heterocycles. The quantitative estimate of drug-likeness (QED) is 0.872. The minimum atomic E-state index is 0.191. The van der Waals surface area contributed by atoms with Crippen molar-refractivity contribution in [3.8, 4) is 5.88 Å². The molecule has 2 rings (SSSR count). The van der Waals surface area contributed by atoms with Crippen molar-refractivity contribution < 1.29 is 9.47 Å². The van der Waals surface area contributed by atoms with Crippen LogP contribution in [-0.4, -0.2) is 29.8 Å². The molecule has 4 heteroatoms. The highest BCUT2D eigenvalue weighted by atomic mass is 16.5. The lowest BCUT2D eigenvalue weighted by Gasteiger charge is -2.32. The molecule has 0 spiro atoms. The van der Waals surface area contributed by atoms with E-state index in [1.165, 1.54) is 0 Å². The van der Waals surface area contributed by atoms with Crippen LogP contribution in [0.3, 0.4) is 0 Å². The number of nitrogens with one attached hydrogen (secondary N) is 1. The Labute approximate surface area is 128 Å². The maximum Gasteiger partial charge on any atom is 0.218 e. The summed E-state index contributed by atoms with van der Waals surface area (Å²) in [6.07, 6.45) is 5.47. The SMILES string of the molecule is CCCNC(C)c1cccnc1OC1CC(C)OC(C)C1. The number of hydrogen-bond donors (Lipinski definition) is 1. The Bertz CT molecular complexity index is 429. The summed E-state index contributed by atoms with van der Waals surface area (Å²) in [7, 11) is 0. The van der Waals surface area contributed by atoms with Gasteiger partial charge in [-0.05, 0) is 39.8 Å². The first-order chi connectivity index (χ1) is 10.1. The van der Waals surface area contributed by atoms with E-state index in [1.807, 2.05) is 6.07 Å². The molecule has 1 saturated heterocycles. The normalized spacial score (nSPS) is 27.3. The second kappa shape index (κ2) is 7.76. The molecule has 1 aromatic heterocycles. The molecule has 21 heavy (non-hydrogen) atoms. The van der Waals surface area contributed by atoms with Crippen LogP contribution in [0.1, 0.15) is 58.6 Å². The Hall–Kier alpha value is -1.13. The van der Waals surface area contributed by atoms with Crippen molar-refractivity contribution in [1.82, 2.24) is 10.3 Å². The van der Waals surface area contributed by atoms with Crippen LogP contribution in [0, 0.1) is 0 Å². The fourth-order valence-corrected chi connectivity index (χ4v) is 2.90. The maximum atomic E-state index is 6.20. The highest BCUT2D eigenvalue weighted by Gasteiger charge is 2.27. The van der Waals surface area contributed by atoms with Crippen LogP contribution in [0.5, 0.6) is 5.88 Å². The fourth-order valence-electron chi connectivity index (χ4n) is 2.90. The molecule has 1 aliphatic rings. The summed E-state index contributed by atoms with van der Waals surface area (Å²) < 4.78 is 12.0. The summed E-state index contributed by atoms with van der Waals surface area (Å²) in [6.45, 7) is 9.55. The molecule has 1 aromatic rings. The van der Waals surface area contributed by atoms with E-state index in [2.05, 4.69) is 44.1 Å². The average molecular weight is 292 g/mol. The van der Waals surface area contributed by atoms with E-state index >= 15 is 0 Å². The van der Waals surface area contributed by atoms with Crippen molar-refractivity contribution in [1.29, 1.82) is 0 Å². The lowest BCUT2D eigenvalue weighted by atomic mass is 10.0. The Morgan fingerprint density at radius 2 is 2.10 bits per heavy atom. The first-order valence-electron chi connectivity index (χ1n) is 8.10. The lowest BCUT2D eigenvalue weighted by molar-refractivity contribution is -0.0732. The molecule has 1 N–H and O–H groups in total. The first-order valence-corrected chi connectivity index (χ1v) is 8.10. The number of aromatic nitrogens is 1. The summed E-state index contributed by atoms with van der Waals surface area (Å²) >= 11 is 0. The van der Waals surface area contributed by atoms with Crippen LogP contribution < -0.4 is 10.1 Å². The minimum Gasteiger partial charge on any atom is -0.474 e. The van der Waals surface area contributed by atoms with E-state index in [1.54, 1.807) is 6.20 Å². The zero-order valence-corrected chi connectivity index (χ0v) is 13.6. The smallest absolute Gasteiger partial charge is 0.218 e. The van der Waals surface area contributed by atoms with Gasteiger partial charge in [0, 0.05) is 30.6 Å². The number of pyridine rings is 1. The summed E-state index contributed by atoms with van der Waals surface area (Å²) in [5.74, 6) is 0.764. The molecule has 4 nitrogen and oxygen atoms in total. The van der Waals surface area contributed by atoms with Gasteiger partial charge in [-0.3, -0.25) is 0 Å². The number of ether oxygens (including phenoxy) is 2. The molecular formula is C17H28N2O2. The Kier molecular flexibility index (Phi) is 6.00. The van der Waals surface area contributed by atoms with Gasteiger partial charge in [-0.25, -0.2) is 4.98 Å². The van der Waals surface area contributed by atoms with Crippen molar-refractivity contribution in [2.24, 2.45) is 0 Å². The van der Waals surface area contributed by atoms with E-state index in [9.17, 15) is 0 Å². The third-order valence-electron chi connectivity index (χ3n) is 3.90. The third kappa shape index (κ3) is 4.68. The van der Waals surface area contributed by atoms with Gasteiger partial charge in [-0.1, -0.05) is 13.0 Å². The molecule has 118 valence electrons. The Balaban J connectivity index is 2.05. The van der Waals surface area contributed by atoms with Gasteiger partial charge in [0.15, 0.2) is 0 Å². The fraction of sp³-hybridized carbons (Fsp3) is 0.706. The monoisotopic (exact) mass is 292 g/mol. The largest absolute Gasteiger partial charge is 0.474 e. The lowest BCUT2D eigenvalue weighted by Crippen LogP contribution is -2.36. The zero-order valence-electron chi connectivity index (χ0n) is 13.6. The van der Waals surface area contributed by atoms with Gasteiger partial charge in [0.05, 0.1) is 12.2 Å². The van der Waals surface area contributed by atoms with Crippen LogP contribution >= 0.6 is 0 Å². The highest BCUT2D eigenvalue weighted by molar-refractivity contribution is 5.28. The molecule has 3 atom stereocenters. The van der Waals surface area contributed by atoms with Crippen molar-refractivity contribution >= 4 is 0 Å². The molecule has 0 bridgehead atoms. The van der Waals surface area contributed by atoms with Gasteiger partial charge in [-0.15, -0.1) is 0 Å². The molecule has 1 fully saturated rings. The minimum absolute atomic E-state index is 0.191. The van der Waals surface area contributed by atoms with E-state index in [4.69, 9.17) is 9.47 Å². The van der Waals surface area contributed by atoms with Gasteiger partial charge in [0.25, 0.3) is 0 Å². The summed E-state index contributed by atoms with van der Waals surface area (Å²) in [6, 6.07) is 4.33. The average Bonchev–Trinajstić information content (AvgIpc) is 2.44. The van der Waals surface area contributed by atoms with Crippen molar-refractivity contribution in [2.45, 2.75) is 71.3 Å². The predicted octanol–water partition coefficient (Wildman–Crippen LogP) is 3.48. The molecule has 2 heterocycles. The number of hydrogen-bond acceptors (Lipinski definition) is 4. The molecule has 0 aliphatic carbocycles. The van der Waals surface area contributed by atoms with E-state index in [-0.39, 0.29) is 24.4 Å². The van der Waals surface area contributed by atoms with Crippen molar-refractivity contribution in [3.05, 3.63) is 23.9 Å². The van der Waals surface area contributed by atoms with Crippen LogP contribution in [-0.2, 0) is 4.74 Å². The number of nitrogens with zero attached hydrogens (tertiary/aromatic N) is 1. The Morgan fingerprint density at radius 1 is 1.38 bits per heavy atom. The van der Waals surface area contributed by atoms with E-state index in [0.717, 1.165) is 37.3 Å². The second-order valence-corrected chi connectivity index (χ2v) is 6.04. The first kappa shape index (κ1) is 16.2. The summed E-state index contributed by atoms with van der Waals surface area (Å²) in [5.41, 5.74) is 1.14. The van der Waals surface area contributed by atoms with Gasteiger partial charge < -0.3 is 14.8 Å². The van der Waals surface area contributed by atoms with Gasteiger partial charge >= 0.3 is 0 Å². The van der Waals surface area contributed by atoms with E-state index in [0.29, 0.717) is 0 Å². The van der Waals surface area contributed by atoms with Gasteiger partial charge in [-0.2, -0.15) is 0 Å². The van der Waals surface area contributed by atoms with Crippen LogP contribution in [0.15, 0.2) is 18.3 Å². The van der Waals surface area contributed by atoms with Crippen LogP contribution in [0.25, 0.3) is 0 Å². The molecular weight excluding hydrogens is 264 g/mol. The second-order valence-electron chi connectivity index (χ2n) is 6.04. The molecule has 0 saturated carbocycles. The topological polar surface area (TPSA) is 43.4 Å². The van der Waals surface area contributed by atoms with E-state index < -0.39 is 0 Å². The van der Waals surface area contributed by atoms with Crippen molar-refractivity contribution in [3.63, 3.8) is 0 Å². The molecule has 0 amide bonds. The van der Waals surface area contributed by atoms with Crippen LogP contribution in [0.4, 0.5) is 0 Å². The summed E-state index contributed by atoms with van der Waals surface area (Å²) in [4.78, 5) is 4.45. The zero-order chi connectivity index (χ0) is 15.2. The Morgan fingerprint density at radius 3 is 2.76 bits per heavy atom. The summed E-state index contributed by atoms with van der Waals surface area (Å²) in [5, 5.41) is 3.50. The standard InChI is InChI=1S/C17H28N2O2/c1-5-8-18-14(4)16-7-6-9-19-17(16)21-15-10-12(2)20-13(3)11-15/h6-7,9,12-15,18H,5,8,10-11H2,1-4H3. The molecule has 0 aromatic carbocycles. The van der Waals surface area contributed by atoms with Gasteiger partial charge in [0.2, 0.25) is 5.88 Å². The van der Waals surface area contributed by atoms with Gasteiger partial charge in [0.1, 0.15) is 6.10 Å². The number of rotatable bonds is 6. The highest BCUT2D eigenvalue weighted by Crippen LogP contribution is 2.27. The molecule has 3 unspecified atom stereocenters. The predicted molar refractivity (Wildman–Crippen MR) is 84.6 cm³/mol. The molecule has 0 radical (unpaired) electrons. The van der Waals surface area contributed by atoms with Crippen LogP contribution in [0.2, 0.25) is 0 Å². The van der Waals surface area contributed by atoms with Crippen molar-refractivity contribution in [2.75, 3.05) is 6.54 Å². The maximum absolute atomic E-state index is 6.20. The third-order valence-corrected chi connectivity index (χ3v) is 3.90.